The molecule has 0 unspecified atom stereocenters. The molecule has 0 atom stereocenters. The number of carbonyl (C=O) groups excluding carboxylic acids is 1. The lowest BCUT2D eigenvalue weighted by atomic mass is 9.92. The molecule has 166 valence electrons. The van der Waals surface area contributed by atoms with Crippen LogP contribution in [0.25, 0.3) is 0 Å². The number of aromatic nitrogens is 2. The van der Waals surface area contributed by atoms with Crippen molar-refractivity contribution in [2.75, 3.05) is 43.4 Å². The average Bonchev–Trinajstić information content (AvgIpc) is 3.36. The molecule has 7 nitrogen and oxygen atoms in total. The van der Waals surface area contributed by atoms with Crippen LogP contribution in [0.4, 0.5) is 11.6 Å². The summed E-state index contributed by atoms with van der Waals surface area (Å²) in [6.07, 6.45) is 11.5. The number of fused-ring (bicyclic) bond motifs is 1. The molecule has 1 saturated carbocycles. The van der Waals surface area contributed by atoms with Crippen molar-refractivity contribution in [2.24, 2.45) is 11.8 Å². The molecule has 2 aliphatic heterocycles. The first-order valence-electron chi connectivity index (χ1n) is 12.0. The SMILES string of the molecule is CCCCOc1nc(N)c2c(n1)N(CCC1CCN(CC3CCCC3)CC1)C(=O)C2. The zero-order valence-electron chi connectivity index (χ0n) is 18.4. The van der Waals surface area contributed by atoms with Gasteiger partial charge in [0.2, 0.25) is 5.91 Å². The summed E-state index contributed by atoms with van der Waals surface area (Å²) in [5, 5.41) is 0. The lowest BCUT2D eigenvalue weighted by Gasteiger charge is -2.34. The van der Waals surface area contributed by atoms with Gasteiger partial charge in [-0.15, -0.1) is 0 Å². The van der Waals surface area contributed by atoms with Crippen molar-refractivity contribution in [3.8, 4) is 6.01 Å². The zero-order chi connectivity index (χ0) is 20.9. The Bertz CT molecular complexity index is 727. The van der Waals surface area contributed by atoms with Crippen LogP contribution in [-0.2, 0) is 11.2 Å². The Hall–Kier alpha value is -1.89. The molecule has 1 amide bonds. The summed E-state index contributed by atoms with van der Waals surface area (Å²) in [5.41, 5.74) is 6.87. The van der Waals surface area contributed by atoms with Crippen LogP contribution in [0.2, 0.25) is 0 Å². The van der Waals surface area contributed by atoms with Gasteiger partial charge in [0.25, 0.3) is 0 Å². The predicted octanol–water partition coefficient (Wildman–Crippen LogP) is 3.42. The molecule has 7 heteroatoms. The second-order valence-corrected chi connectivity index (χ2v) is 9.30. The van der Waals surface area contributed by atoms with Crippen LogP contribution in [-0.4, -0.2) is 53.6 Å². The molecular formula is C23H37N5O2. The number of carbonyl (C=O) groups is 1. The minimum Gasteiger partial charge on any atom is -0.463 e. The molecule has 4 rings (SSSR count). The maximum atomic E-state index is 12.6. The van der Waals surface area contributed by atoms with E-state index in [-0.39, 0.29) is 5.91 Å². The third-order valence-corrected chi connectivity index (χ3v) is 7.07. The maximum Gasteiger partial charge on any atom is 0.320 e. The van der Waals surface area contributed by atoms with Crippen molar-refractivity contribution >= 4 is 17.5 Å². The fourth-order valence-electron chi connectivity index (χ4n) is 5.16. The van der Waals surface area contributed by atoms with Crippen LogP contribution >= 0.6 is 0 Å². The van der Waals surface area contributed by atoms with E-state index in [1.54, 1.807) is 0 Å². The highest BCUT2D eigenvalue weighted by molar-refractivity contribution is 6.01. The highest BCUT2D eigenvalue weighted by atomic mass is 16.5. The van der Waals surface area contributed by atoms with Crippen LogP contribution in [0.3, 0.4) is 0 Å². The van der Waals surface area contributed by atoms with Crippen molar-refractivity contribution in [2.45, 2.75) is 71.1 Å². The first-order chi connectivity index (χ1) is 14.6. The standard InChI is InChI=1S/C23H37N5O2/c1-2-3-14-30-23-25-21(24)19-15-20(29)28(22(19)26-23)13-10-17-8-11-27(12-9-17)16-18-6-4-5-7-18/h17-18H,2-16H2,1H3,(H2,24,25,26). The molecule has 0 aromatic carbocycles. The third kappa shape index (κ3) is 5.05. The van der Waals surface area contributed by atoms with Crippen molar-refractivity contribution in [1.82, 2.24) is 14.9 Å². The fourth-order valence-corrected chi connectivity index (χ4v) is 5.16. The molecular weight excluding hydrogens is 378 g/mol. The van der Waals surface area contributed by atoms with E-state index < -0.39 is 0 Å². The summed E-state index contributed by atoms with van der Waals surface area (Å²) >= 11 is 0. The zero-order valence-corrected chi connectivity index (χ0v) is 18.4. The number of likely N-dealkylation sites (tertiary alicyclic amines) is 1. The number of piperidine rings is 1. The van der Waals surface area contributed by atoms with Crippen LogP contribution in [0, 0.1) is 11.8 Å². The average molecular weight is 416 g/mol. The van der Waals surface area contributed by atoms with Gasteiger partial charge in [-0.1, -0.05) is 26.2 Å². The van der Waals surface area contributed by atoms with Gasteiger partial charge in [0.1, 0.15) is 11.6 Å². The van der Waals surface area contributed by atoms with Crippen LogP contribution in [0.1, 0.15) is 70.3 Å². The van der Waals surface area contributed by atoms with E-state index in [9.17, 15) is 4.79 Å². The van der Waals surface area contributed by atoms with E-state index in [1.807, 2.05) is 4.90 Å². The summed E-state index contributed by atoms with van der Waals surface area (Å²) in [6.45, 7) is 7.10. The van der Waals surface area contributed by atoms with E-state index in [4.69, 9.17) is 10.5 Å². The monoisotopic (exact) mass is 415 g/mol. The second-order valence-electron chi connectivity index (χ2n) is 9.30. The number of hydrogen-bond donors (Lipinski definition) is 1. The number of nitrogen functional groups attached to an aromatic ring is 1. The smallest absolute Gasteiger partial charge is 0.320 e. The quantitative estimate of drug-likeness (QED) is 0.622. The number of anilines is 2. The summed E-state index contributed by atoms with van der Waals surface area (Å²) in [4.78, 5) is 25.9. The Morgan fingerprint density at radius 2 is 1.87 bits per heavy atom. The highest BCUT2D eigenvalue weighted by Gasteiger charge is 2.33. The molecule has 1 aromatic heterocycles. The molecule has 1 aliphatic carbocycles. The Balaban J connectivity index is 1.29. The molecule has 3 heterocycles. The van der Waals surface area contributed by atoms with E-state index >= 15 is 0 Å². The molecule has 30 heavy (non-hydrogen) atoms. The fraction of sp³-hybridized carbons (Fsp3) is 0.783. The number of amides is 1. The molecule has 0 spiro atoms. The molecule has 0 radical (unpaired) electrons. The Kier molecular flexibility index (Phi) is 7.08. The van der Waals surface area contributed by atoms with Gasteiger partial charge in [0, 0.05) is 18.7 Å². The molecule has 0 bridgehead atoms. The molecule has 1 saturated heterocycles. The van der Waals surface area contributed by atoms with Crippen molar-refractivity contribution < 1.29 is 9.53 Å². The summed E-state index contributed by atoms with van der Waals surface area (Å²) in [6, 6.07) is 0.291. The van der Waals surface area contributed by atoms with E-state index in [1.165, 1.54) is 58.2 Å². The van der Waals surface area contributed by atoms with Crippen LogP contribution < -0.4 is 15.4 Å². The van der Waals surface area contributed by atoms with Crippen molar-refractivity contribution in [3.05, 3.63) is 5.56 Å². The van der Waals surface area contributed by atoms with Gasteiger partial charge in [0.05, 0.1) is 13.0 Å². The lowest BCUT2D eigenvalue weighted by molar-refractivity contribution is -0.117. The lowest BCUT2D eigenvalue weighted by Crippen LogP contribution is -2.38. The van der Waals surface area contributed by atoms with Crippen molar-refractivity contribution in [3.63, 3.8) is 0 Å². The molecule has 1 aromatic rings. The summed E-state index contributed by atoms with van der Waals surface area (Å²) in [7, 11) is 0. The van der Waals surface area contributed by atoms with Gasteiger partial charge in [-0.25, -0.2) is 0 Å². The summed E-state index contributed by atoms with van der Waals surface area (Å²) in [5.74, 6) is 2.73. The number of rotatable bonds is 9. The predicted molar refractivity (Wildman–Crippen MR) is 119 cm³/mol. The Labute approximate surface area is 180 Å². The van der Waals surface area contributed by atoms with E-state index in [0.717, 1.165) is 30.7 Å². The van der Waals surface area contributed by atoms with Gasteiger partial charge in [-0.2, -0.15) is 9.97 Å². The van der Waals surface area contributed by atoms with Gasteiger partial charge in [-0.05, 0) is 63.5 Å². The summed E-state index contributed by atoms with van der Waals surface area (Å²) < 4.78 is 5.65. The number of hydrogen-bond acceptors (Lipinski definition) is 6. The maximum absolute atomic E-state index is 12.6. The number of unbranched alkanes of at least 4 members (excludes halogenated alkanes) is 1. The molecule has 2 N–H and O–H groups in total. The first kappa shape index (κ1) is 21.3. The normalized spacial score (nSPS) is 20.8. The van der Waals surface area contributed by atoms with Crippen molar-refractivity contribution in [1.29, 1.82) is 0 Å². The Morgan fingerprint density at radius 1 is 1.10 bits per heavy atom. The number of nitrogens with two attached hydrogens (primary N) is 1. The van der Waals surface area contributed by atoms with Crippen LogP contribution in [0.15, 0.2) is 0 Å². The third-order valence-electron chi connectivity index (χ3n) is 7.07. The van der Waals surface area contributed by atoms with Gasteiger partial charge < -0.3 is 15.4 Å². The minimum atomic E-state index is 0.0791. The minimum absolute atomic E-state index is 0.0791. The van der Waals surface area contributed by atoms with Gasteiger partial charge in [-0.3, -0.25) is 9.69 Å². The topological polar surface area (TPSA) is 84.6 Å². The second kappa shape index (κ2) is 9.94. The first-order valence-corrected chi connectivity index (χ1v) is 12.0. The molecule has 2 fully saturated rings. The largest absolute Gasteiger partial charge is 0.463 e. The van der Waals surface area contributed by atoms with E-state index in [0.29, 0.717) is 43.1 Å². The van der Waals surface area contributed by atoms with Gasteiger partial charge >= 0.3 is 6.01 Å². The van der Waals surface area contributed by atoms with Gasteiger partial charge in [0.15, 0.2) is 0 Å². The number of nitrogens with zero attached hydrogens (tertiary/aromatic N) is 4. The Morgan fingerprint density at radius 3 is 2.60 bits per heavy atom. The number of ether oxygens (including phenoxy) is 1. The molecule has 3 aliphatic rings. The highest BCUT2D eigenvalue weighted by Crippen LogP contribution is 2.33. The van der Waals surface area contributed by atoms with Crippen LogP contribution in [0.5, 0.6) is 6.01 Å². The van der Waals surface area contributed by atoms with E-state index in [2.05, 4.69) is 21.8 Å².